The lowest BCUT2D eigenvalue weighted by atomic mass is 10.2. The maximum absolute atomic E-state index is 12.1. The Morgan fingerprint density at radius 3 is 2.53 bits per heavy atom. The van der Waals surface area contributed by atoms with E-state index in [2.05, 4.69) is 15.5 Å². The van der Waals surface area contributed by atoms with E-state index in [1.54, 1.807) is 19.1 Å². The number of carbonyl (C=O) groups is 1. The van der Waals surface area contributed by atoms with Gasteiger partial charge in [0.1, 0.15) is 5.01 Å². The third-order valence-electron chi connectivity index (χ3n) is 2.28. The summed E-state index contributed by atoms with van der Waals surface area (Å²) < 4.78 is 23.2. The van der Waals surface area contributed by atoms with E-state index in [1.807, 2.05) is 0 Å². The number of nitrogens with zero attached hydrogens (tertiary/aromatic N) is 2. The van der Waals surface area contributed by atoms with Gasteiger partial charge in [-0.3, -0.25) is 10.1 Å². The summed E-state index contributed by atoms with van der Waals surface area (Å²) in [4.78, 5) is 12.0. The smallest absolute Gasteiger partial charge is 0.258 e. The third kappa shape index (κ3) is 3.15. The second kappa shape index (κ2) is 5.06. The highest BCUT2D eigenvalue weighted by Crippen LogP contribution is 2.19. The molecule has 0 unspecified atom stereocenters. The van der Waals surface area contributed by atoms with Gasteiger partial charge in [-0.1, -0.05) is 23.5 Å². The summed E-state index contributed by atoms with van der Waals surface area (Å²) in [5, 5.41) is 11.1. The molecule has 1 amide bonds. The van der Waals surface area contributed by atoms with E-state index < -0.39 is 15.7 Å². The third-order valence-corrected chi connectivity index (χ3v) is 4.19. The van der Waals surface area contributed by atoms with Gasteiger partial charge in [-0.15, -0.1) is 10.2 Å². The first-order chi connectivity index (χ1) is 8.88. The molecular formula is C11H11N3O3S2. The van der Waals surface area contributed by atoms with Crippen molar-refractivity contribution in [1.82, 2.24) is 10.2 Å². The molecule has 0 atom stereocenters. The van der Waals surface area contributed by atoms with Crippen LogP contribution in [-0.2, 0) is 9.84 Å². The SMILES string of the molecule is Cc1nnc(NC(=O)c2ccccc2S(C)(=O)=O)s1. The first-order valence-corrected chi connectivity index (χ1v) is 7.99. The van der Waals surface area contributed by atoms with E-state index in [0.717, 1.165) is 6.26 Å². The Morgan fingerprint density at radius 2 is 1.95 bits per heavy atom. The Balaban J connectivity index is 2.35. The largest absolute Gasteiger partial charge is 0.296 e. The molecule has 19 heavy (non-hydrogen) atoms. The number of benzene rings is 1. The van der Waals surface area contributed by atoms with Gasteiger partial charge in [-0.25, -0.2) is 8.42 Å². The summed E-state index contributed by atoms with van der Waals surface area (Å²) >= 11 is 1.22. The molecule has 0 saturated carbocycles. The molecular weight excluding hydrogens is 286 g/mol. The molecule has 0 aliphatic heterocycles. The number of aryl methyl sites for hydroxylation is 1. The molecule has 8 heteroatoms. The Labute approximate surface area is 114 Å². The van der Waals surface area contributed by atoms with E-state index in [1.165, 1.54) is 23.5 Å². The van der Waals surface area contributed by atoms with Gasteiger partial charge in [-0.2, -0.15) is 0 Å². The van der Waals surface area contributed by atoms with Crippen LogP contribution in [0.15, 0.2) is 29.2 Å². The van der Waals surface area contributed by atoms with Crippen molar-refractivity contribution in [1.29, 1.82) is 0 Å². The molecule has 0 fully saturated rings. The monoisotopic (exact) mass is 297 g/mol. The van der Waals surface area contributed by atoms with Gasteiger partial charge in [0.25, 0.3) is 5.91 Å². The molecule has 2 aromatic rings. The van der Waals surface area contributed by atoms with Crippen molar-refractivity contribution in [3.63, 3.8) is 0 Å². The standard InChI is InChI=1S/C11H11N3O3S2/c1-7-13-14-11(18-7)12-10(15)8-5-3-4-6-9(8)19(2,16)17/h3-6H,1-2H3,(H,12,14,15). The summed E-state index contributed by atoms with van der Waals surface area (Å²) in [6.07, 6.45) is 1.06. The van der Waals surface area contributed by atoms with Crippen molar-refractivity contribution in [2.45, 2.75) is 11.8 Å². The zero-order valence-corrected chi connectivity index (χ0v) is 11.9. The number of sulfone groups is 1. The van der Waals surface area contributed by atoms with Gasteiger partial charge in [0.15, 0.2) is 9.84 Å². The predicted molar refractivity (Wildman–Crippen MR) is 72.2 cm³/mol. The molecule has 0 spiro atoms. The normalized spacial score (nSPS) is 11.3. The van der Waals surface area contributed by atoms with E-state index in [4.69, 9.17) is 0 Å². The van der Waals surface area contributed by atoms with Crippen molar-refractivity contribution < 1.29 is 13.2 Å². The van der Waals surface area contributed by atoms with Crippen LogP contribution in [0, 0.1) is 6.92 Å². The van der Waals surface area contributed by atoms with Gasteiger partial charge in [0.2, 0.25) is 5.13 Å². The molecule has 0 saturated heterocycles. The highest BCUT2D eigenvalue weighted by Gasteiger charge is 2.18. The van der Waals surface area contributed by atoms with Crippen molar-refractivity contribution in [3.8, 4) is 0 Å². The molecule has 0 radical (unpaired) electrons. The molecule has 1 aromatic carbocycles. The van der Waals surface area contributed by atoms with Crippen LogP contribution in [0.25, 0.3) is 0 Å². The summed E-state index contributed by atoms with van der Waals surface area (Å²) in [5.41, 5.74) is 0.0952. The van der Waals surface area contributed by atoms with Crippen LogP contribution in [0.4, 0.5) is 5.13 Å². The van der Waals surface area contributed by atoms with Crippen LogP contribution >= 0.6 is 11.3 Å². The van der Waals surface area contributed by atoms with Crippen LogP contribution in [0.5, 0.6) is 0 Å². The minimum absolute atomic E-state index is 0.00580. The maximum atomic E-state index is 12.1. The maximum Gasteiger partial charge on any atom is 0.258 e. The number of anilines is 1. The number of rotatable bonds is 3. The lowest BCUT2D eigenvalue weighted by Gasteiger charge is -2.06. The minimum Gasteiger partial charge on any atom is -0.296 e. The fourth-order valence-electron chi connectivity index (χ4n) is 1.49. The van der Waals surface area contributed by atoms with Gasteiger partial charge >= 0.3 is 0 Å². The van der Waals surface area contributed by atoms with Gasteiger partial charge in [0.05, 0.1) is 10.5 Å². The summed E-state index contributed by atoms with van der Waals surface area (Å²) in [6, 6.07) is 6.03. The van der Waals surface area contributed by atoms with Crippen LogP contribution in [-0.4, -0.2) is 30.8 Å². The first kappa shape index (κ1) is 13.6. The Morgan fingerprint density at radius 1 is 1.26 bits per heavy atom. The first-order valence-electron chi connectivity index (χ1n) is 5.28. The van der Waals surface area contributed by atoms with Crippen LogP contribution < -0.4 is 5.32 Å². The number of aromatic nitrogens is 2. The molecule has 0 aliphatic rings. The lowest BCUT2D eigenvalue weighted by molar-refractivity contribution is 0.102. The number of hydrogen-bond acceptors (Lipinski definition) is 6. The molecule has 100 valence electrons. The fraction of sp³-hybridized carbons (Fsp3) is 0.182. The Hall–Kier alpha value is -1.80. The molecule has 1 heterocycles. The van der Waals surface area contributed by atoms with Gasteiger partial charge in [0, 0.05) is 6.26 Å². The molecule has 1 N–H and O–H groups in total. The van der Waals surface area contributed by atoms with E-state index in [-0.39, 0.29) is 10.5 Å². The summed E-state index contributed by atoms with van der Waals surface area (Å²) in [6.45, 7) is 1.76. The molecule has 6 nitrogen and oxygen atoms in total. The summed E-state index contributed by atoms with van der Waals surface area (Å²) in [5.74, 6) is -0.517. The van der Waals surface area contributed by atoms with Crippen molar-refractivity contribution in [2.75, 3.05) is 11.6 Å². The number of hydrogen-bond donors (Lipinski definition) is 1. The van der Waals surface area contributed by atoms with Crippen LogP contribution in [0.1, 0.15) is 15.4 Å². The predicted octanol–water partition coefficient (Wildman–Crippen LogP) is 1.50. The van der Waals surface area contributed by atoms with Gasteiger partial charge in [-0.05, 0) is 19.1 Å². The Bertz CT molecular complexity index is 722. The zero-order valence-electron chi connectivity index (χ0n) is 10.2. The van der Waals surface area contributed by atoms with Crippen LogP contribution in [0.3, 0.4) is 0 Å². The molecule has 0 bridgehead atoms. The van der Waals surface area contributed by atoms with E-state index in [0.29, 0.717) is 10.1 Å². The summed E-state index contributed by atoms with van der Waals surface area (Å²) in [7, 11) is -3.46. The fourth-order valence-corrected chi connectivity index (χ4v) is 2.96. The highest BCUT2D eigenvalue weighted by molar-refractivity contribution is 7.90. The van der Waals surface area contributed by atoms with E-state index in [9.17, 15) is 13.2 Å². The lowest BCUT2D eigenvalue weighted by Crippen LogP contribution is -2.15. The topological polar surface area (TPSA) is 89.0 Å². The molecule has 0 aliphatic carbocycles. The van der Waals surface area contributed by atoms with Crippen molar-refractivity contribution in [2.24, 2.45) is 0 Å². The zero-order chi connectivity index (χ0) is 14.0. The average molecular weight is 297 g/mol. The Kier molecular flexibility index (Phi) is 3.63. The van der Waals surface area contributed by atoms with Crippen molar-refractivity contribution >= 4 is 32.2 Å². The van der Waals surface area contributed by atoms with Gasteiger partial charge < -0.3 is 0 Å². The van der Waals surface area contributed by atoms with Crippen LogP contribution in [0.2, 0.25) is 0 Å². The minimum atomic E-state index is -3.46. The number of nitrogens with one attached hydrogen (secondary N) is 1. The average Bonchev–Trinajstić information content (AvgIpc) is 2.73. The molecule has 1 aromatic heterocycles. The second-order valence-electron chi connectivity index (χ2n) is 3.85. The van der Waals surface area contributed by atoms with E-state index >= 15 is 0 Å². The van der Waals surface area contributed by atoms with Crippen molar-refractivity contribution in [3.05, 3.63) is 34.8 Å². The highest BCUT2D eigenvalue weighted by atomic mass is 32.2. The number of carbonyl (C=O) groups excluding carboxylic acids is 1. The quantitative estimate of drug-likeness (QED) is 0.927. The molecule has 2 rings (SSSR count). The second-order valence-corrected chi connectivity index (χ2v) is 7.01. The number of amides is 1.